The summed E-state index contributed by atoms with van der Waals surface area (Å²) in [6.07, 6.45) is 4.27. The zero-order chi connectivity index (χ0) is 19.9. The van der Waals surface area contributed by atoms with Crippen molar-refractivity contribution in [1.82, 2.24) is 14.5 Å². The molecule has 27 heavy (non-hydrogen) atoms. The molecular weight excluding hydrogens is 386 g/mol. The van der Waals surface area contributed by atoms with E-state index in [0.29, 0.717) is 25.4 Å². The third kappa shape index (κ3) is 6.45. The molecule has 0 bridgehead atoms. The maximum Gasteiger partial charge on any atom is 0.240 e. The number of carbonyl (C=O) groups is 1. The molecule has 1 unspecified atom stereocenters. The Labute approximate surface area is 167 Å². The van der Waals surface area contributed by atoms with Crippen LogP contribution < -0.4 is 4.72 Å². The summed E-state index contributed by atoms with van der Waals surface area (Å²) in [5.74, 6) is 0.724. The molecule has 0 aromatic heterocycles. The number of amides is 1. The van der Waals surface area contributed by atoms with Crippen LogP contribution in [0.2, 0.25) is 0 Å². The maximum absolute atomic E-state index is 12.4. The zero-order valence-electron chi connectivity index (χ0n) is 16.2. The van der Waals surface area contributed by atoms with Gasteiger partial charge in [0.05, 0.1) is 10.9 Å². The van der Waals surface area contributed by atoms with Gasteiger partial charge in [-0.05, 0) is 56.3 Å². The Kier molecular flexibility index (Phi) is 8.54. The standard InChI is InChI=1S/C19H30ClN3O3S/c1-22(2)19(24)18-7-4-14-23(18)15-5-13-21-27(25,26)17-10-8-16(9-11-17)6-3-12-20/h8-11,18,21H,3-7,12-15H2,1-2H3. The third-order valence-corrected chi connectivity index (χ3v) is 6.58. The van der Waals surface area contributed by atoms with E-state index in [-0.39, 0.29) is 16.8 Å². The van der Waals surface area contributed by atoms with E-state index in [0.717, 1.165) is 37.8 Å². The lowest BCUT2D eigenvalue weighted by Gasteiger charge is -2.26. The van der Waals surface area contributed by atoms with Gasteiger partial charge in [-0.2, -0.15) is 0 Å². The summed E-state index contributed by atoms with van der Waals surface area (Å²) in [6.45, 7) is 1.96. The highest BCUT2D eigenvalue weighted by Gasteiger charge is 2.31. The molecule has 0 aliphatic carbocycles. The monoisotopic (exact) mass is 415 g/mol. The highest BCUT2D eigenvalue weighted by molar-refractivity contribution is 7.89. The molecule has 1 atom stereocenters. The van der Waals surface area contributed by atoms with Crippen molar-refractivity contribution in [1.29, 1.82) is 0 Å². The molecule has 6 nitrogen and oxygen atoms in total. The highest BCUT2D eigenvalue weighted by atomic mass is 35.5. The van der Waals surface area contributed by atoms with Crippen molar-refractivity contribution in [2.45, 2.75) is 43.0 Å². The van der Waals surface area contributed by atoms with Gasteiger partial charge in [-0.15, -0.1) is 11.6 Å². The fraction of sp³-hybridized carbons (Fsp3) is 0.632. The first-order valence-corrected chi connectivity index (χ1v) is 11.5. The minimum Gasteiger partial charge on any atom is -0.347 e. The topological polar surface area (TPSA) is 69.7 Å². The van der Waals surface area contributed by atoms with E-state index in [1.54, 1.807) is 31.1 Å². The summed E-state index contributed by atoms with van der Waals surface area (Å²) in [6, 6.07) is 6.87. The molecule has 1 saturated heterocycles. The number of nitrogens with zero attached hydrogens (tertiary/aromatic N) is 2. The molecule has 1 aromatic carbocycles. The van der Waals surface area contributed by atoms with Crippen LogP contribution in [-0.2, 0) is 21.2 Å². The number of hydrogen-bond donors (Lipinski definition) is 1. The first-order chi connectivity index (χ1) is 12.8. The van der Waals surface area contributed by atoms with E-state index in [2.05, 4.69) is 9.62 Å². The number of sulfonamides is 1. The van der Waals surface area contributed by atoms with Crippen LogP contribution in [0.1, 0.15) is 31.2 Å². The van der Waals surface area contributed by atoms with Gasteiger partial charge in [-0.25, -0.2) is 13.1 Å². The normalized spacial score (nSPS) is 18.0. The largest absolute Gasteiger partial charge is 0.347 e. The van der Waals surface area contributed by atoms with Crippen LogP contribution in [0, 0.1) is 0 Å². The summed E-state index contributed by atoms with van der Waals surface area (Å²) < 4.78 is 27.5. The molecule has 1 amide bonds. The van der Waals surface area contributed by atoms with Gasteiger partial charge in [0.2, 0.25) is 15.9 Å². The Balaban J connectivity index is 1.81. The van der Waals surface area contributed by atoms with Crippen molar-refractivity contribution in [3.8, 4) is 0 Å². The highest BCUT2D eigenvalue weighted by Crippen LogP contribution is 2.19. The molecule has 1 aromatic rings. The lowest BCUT2D eigenvalue weighted by atomic mass is 10.1. The van der Waals surface area contributed by atoms with Gasteiger partial charge in [-0.3, -0.25) is 9.69 Å². The molecular formula is C19H30ClN3O3S. The van der Waals surface area contributed by atoms with Crippen molar-refractivity contribution in [2.24, 2.45) is 0 Å². The number of benzene rings is 1. The summed E-state index contributed by atoms with van der Waals surface area (Å²) in [4.78, 5) is 16.3. The van der Waals surface area contributed by atoms with Crippen LogP contribution >= 0.6 is 11.6 Å². The Morgan fingerprint density at radius 3 is 2.59 bits per heavy atom. The molecule has 152 valence electrons. The van der Waals surface area contributed by atoms with E-state index in [1.165, 1.54) is 0 Å². The lowest BCUT2D eigenvalue weighted by Crippen LogP contribution is -2.43. The van der Waals surface area contributed by atoms with Gasteiger partial charge >= 0.3 is 0 Å². The van der Waals surface area contributed by atoms with Crippen LogP contribution in [0.4, 0.5) is 0 Å². The molecule has 1 fully saturated rings. The second-order valence-electron chi connectivity index (χ2n) is 7.11. The molecule has 1 N–H and O–H groups in total. The second kappa shape index (κ2) is 10.4. The van der Waals surface area contributed by atoms with E-state index in [1.807, 2.05) is 12.1 Å². The summed E-state index contributed by atoms with van der Waals surface area (Å²) in [5.41, 5.74) is 1.08. The van der Waals surface area contributed by atoms with Gasteiger partial charge in [-0.1, -0.05) is 12.1 Å². The van der Waals surface area contributed by atoms with E-state index in [9.17, 15) is 13.2 Å². The Morgan fingerprint density at radius 1 is 1.26 bits per heavy atom. The molecule has 1 aliphatic rings. The van der Waals surface area contributed by atoms with Gasteiger partial charge in [0.1, 0.15) is 0 Å². The SMILES string of the molecule is CN(C)C(=O)C1CCCN1CCCNS(=O)(=O)c1ccc(CCCCl)cc1. The number of likely N-dealkylation sites (N-methyl/N-ethyl adjacent to an activating group) is 1. The minimum absolute atomic E-state index is 0.0721. The fourth-order valence-electron chi connectivity index (χ4n) is 3.35. The summed E-state index contributed by atoms with van der Waals surface area (Å²) in [5, 5.41) is 0. The number of alkyl halides is 1. The molecule has 2 rings (SSSR count). The summed E-state index contributed by atoms with van der Waals surface area (Å²) in [7, 11) is 0.0371. The minimum atomic E-state index is -3.51. The van der Waals surface area contributed by atoms with Crippen LogP contribution in [0.15, 0.2) is 29.2 Å². The predicted molar refractivity (Wildman–Crippen MR) is 109 cm³/mol. The number of aryl methyl sites for hydroxylation is 1. The van der Waals surface area contributed by atoms with Gasteiger partial charge < -0.3 is 4.90 Å². The Hall–Kier alpha value is -1.15. The van der Waals surface area contributed by atoms with Crippen molar-refractivity contribution >= 4 is 27.5 Å². The molecule has 0 saturated carbocycles. The van der Waals surface area contributed by atoms with Crippen molar-refractivity contribution in [3.05, 3.63) is 29.8 Å². The summed E-state index contributed by atoms with van der Waals surface area (Å²) >= 11 is 5.68. The second-order valence-corrected chi connectivity index (χ2v) is 9.26. The predicted octanol–water partition coefficient (Wildman–Crippen LogP) is 2.08. The van der Waals surface area contributed by atoms with E-state index in [4.69, 9.17) is 11.6 Å². The van der Waals surface area contributed by atoms with Crippen molar-refractivity contribution in [3.63, 3.8) is 0 Å². The molecule has 0 radical (unpaired) electrons. The van der Waals surface area contributed by atoms with E-state index >= 15 is 0 Å². The average Bonchev–Trinajstić information content (AvgIpc) is 3.11. The number of halogens is 1. The molecule has 1 aliphatic heterocycles. The number of rotatable bonds is 10. The van der Waals surface area contributed by atoms with Crippen molar-refractivity contribution < 1.29 is 13.2 Å². The van der Waals surface area contributed by atoms with Crippen molar-refractivity contribution in [2.75, 3.05) is 39.6 Å². The van der Waals surface area contributed by atoms with Gasteiger partial charge in [0, 0.05) is 33.1 Å². The average molecular weight is 416 g/mol. The van der Waals surface area contributed by atoms with Gasteiger partial charge in [0.15, 0.2) is 0 Å². The first kappa shape index (κ1) is 22.1. The maximum atomic E-state index is 12.4. The first-order valence-electron chi connectivity index (χ1n) is 9.45. The van der Waals surface area contributed by atoms with E-state index < -0.39 is 10.0 Å². The van der Waals surface area contributed by atoms with Crippen LogP contribution in [0.3, 0.4) is 0 Å². The zero-order valence-corrected chi connectivity index (χ0v) is 17.7. The third-order valence-electron chi connectivity index (χ3n) is 4.84. The fourth-order valence-corrected chi connectivity index (χ4v) is 4.56. The lowest BCUT2D eigenvalue weighted by molar-refractivity contribution is -0.133. The number of hydrogen-bond acceptors (Lipinski definition) is 4. The van der Waals surface area contributed by atoms with Crippen LogP contribution in [0.25, 0.3) is 0 Å². The number of likely N-dealkylation sites (tertiary alicyclic amines) is 1. The number of nitrogens with one attached hydrogen (secondary N) is 1. The Morgan fingerprint density at radius 2 is 1.96 bits per heavy atom. The Bertz CT molecular complexity index is 707. The molecule has 1 heterocycles. The quantitative estimate of drug-likeness (QED) is 0.469. The van der Waals surface area contributed by atoms with Gasteiger partial charge in [0.25, 0.3) is 0 Å². The van der Waals surface area contributed by atoms with Crippen LogP contribution in [0.5, 0.6) is 0 Å². The van der Waals surface area contributed by atoms with Crippen LogP contribution in [-0.4, -0.2) is 69.8 Å². The smallest absolute Gasteiger partial charge is 0.240 e. The molecule has 0 spiro atoms. The number of carbonyl (C=O) groups excluding carboxylic acids is 1. The molecule has 8 heteroatoms.